The van der Waals surface area contributed by atoms with Gasteiger partial charge in [0.1, 0.15) is 23.3 Å². The van der Waals surface area contributed by atoms with Crippen molar-refractivity contribution in [3.8, 4) is 0 Å². The lowest BCUT2D eigenvalue weighted by Crippen LogP contribution is -2.39. The predicted octanol–water partition coefficient (Wildman–Crippen LogP) is 2.42. The van der Waals surface area contributed by atoms with Crippen LogP contribution in [0, 0.1) is 11.6 Å². The summed E-state index contributed by atoms with van der Waals surface area (Å²) >= 11 is 0. The smallest absolute Gasteiger partial charge is 0.222 e. The van der Waals surface area contributed by atoms with Crippen molar-refractivity contribution in [2.24, 2.45) is 0 Å². The number of nitrogens with zero attached hydrogens (tertiary/aromatic N) is 4. The van der Waals surface area contributed by atoms with E-state index in [2.05, 4.69) is 20.1 Å². The molecule has 0 spiro atoms. The summed E-state index contributed by atoms with van der Waals surface area (Å²) in [6.45, 7) is 3.88. The molecule has 3 heterocycles. The summed E-state index contributed by atoms with van der Waals surface area (Å²) < 4.78 is 29.1. The Morgan fingerprint density at radius 3 is 2.75 bits per heavy atom. The first-order valence-electron chi connectivity index (χ1n) is 9.46. The average molecular weight is 412 g/mol. The van der Waals surface area contributed by atoms with E-state index in [1.807, 2.05) is 4.90 Å². The number of benzene rings is 1. The van der Waals surface area contributed by atoms with Crippen molar-refractivity contribution in [2.75, 3.05) is 19.6 Å². The van der Waals surface area contributed by atoms with E-state index in [-0.39, 0.29) is 36.7 Å². The van der Waals surface area contributed by atoms with Crippen LogP contribution in [0.15, 0.2) is 18.2 Å². The molecule has 1 N–H and O–H groups in total. The molecular weight excluding hydrogens is 388 g/mol. The molecule has 0 unspecified atom stereocenters. The highest BCUT2D eigenvalue weighted by atomic mass is 35.5. The van der Waals surface area contributed by atoms with Crippen molar-refractivity contribution in [2.45, 2.75) is 44.7 Å². The second-order valence-electron chi connectivity index (χ2n) is 7.19. The van der Waals surface area contributed by atoms with Crippen molar-refractivity contribution in [1.29, 1.82) is 0 Å². The Hall–Kier alpha value is -2.06. The molecule has 0 bridgehead atoms. The first kappa shape index (κ1) is 20.7. The van der Waals surface area contributed by atoms with Crippen molar-refractivity contribution in [1.82, 2.24) is 25.0 Å². The van der Waals surface area contributed by atoms with Gasteiger partial charge in [0, 0.05) is 38.5 Å². The minimum atomic E-state index is -0.480. The predicted molar refractivity (Wildman–Crippen MR) is 102 cm³/mol. The number of nitrogens with one attached hydrogen (secondary N) is 1. The second kappa shape index (κ2) is 8.96. The number of rotatable bonds is 4. The zero-order valence-corrected chi connectivity index (χ0v) is 16.4. The van der Waals surface area contributed by atoms with Gasteiger partial charge in [-0.3, -0.25) is 4.79 Å². The third-order valence-electron chi connectivity index (χ3n) is 5.48. The molecule has 1 saturated heterocycles. The molecule has 9 heteroatoms. The molecule has 2 aliphatic heterocycles. The van der Waals surface area contributed by atoms with Crippen LogP contribution in [0.25, 0.3) is 0 Å². The second-order valence-corrected chi connectivity index (χ2v) is 7.19. The fourth-order valence-electron chi connectivity index (χ4n) is 3.94. The number of fused-ring (bicyclic) bond motifs is 1. The van der Waals surface area contributed by atoms with Crippen LogP contribution in [0.1, 0.15) is 42.4 Å². The molecule has 2 aromatic rings. The summed E-state index contributed by atoms with van der Waals surface area (Å²) in [5, 5.41) is 11.9. The van der Waals surface area contributed by atoms with Crippen molar-refractivity contribution < 1.29 is 13.6 Å². The first-order valence-corrected chi connectivity index (χ1v) is 9.46. The molecule has 0 atom stereocenters. The molecule has 1 aromatic carbocycles. The minimum absolute atomic E-state index is 0. The lowest BCUT2D eigenvalue weighted by atomic mass is 9.95. The maximum atomic E-state index is 13.7. The van der Waals surface area contributed by atoms with Crippen LogP contribution in [0.5, 0.6) is 0 Å². The third-order valence-corrected chi connectivity index (χ3v) is 5.48. The normalized spacial score (nSPS) is 17.1. The molecule has 1 aromatic heterocycles. The van der Waals surface area contributed by atoms with E-state index in [9.17, 15) is 13.6 Å². The van der Waals surface area contributed by atoms with Crippen LogP contribution >= 0.6 is 12.4 Å². The molecule has 0 saturated carbocycles. The van der Waals surface area contributed by atoms with Gasteiger partial charge in [0.2, 0.25) is 5.91 Å². The summed E-state index contributed by atoms with van der Waals surface area (Å²) in [4.78, 5) is 14.3. The molecule has 1 fully saturated rings. The van der Waals surface area contributed by atoms with Crippen LogP contribution < -0.4 is 5.32 Å². The molecule has 28 heavy (non-hydrogen) atoms. The number of amides is 1. The van der Waals surface area contributed by atoms with E-state index in [1.165, 1.54) is 0 Å². The number of aryl methyl sites for hydroxylation is 1. The molecule has 2 aliphatic rings. The topological polar surface area (TPSA) is 63.1 Å². The van der Waals surface area contributed by atoms with Crippen molar-refractivity contribution in [3.63, 3.8) is 0 Å². The van der Waals surface area contributed by atoms with E-state index in [1.54, 1.807) is 0 Å². The van der Waals surface area contributed by atoms with Gasteiger partial charge in [0.25, 0.3) is 0 Å². The van der Waals surface area contributed by atoms with Gasteiger partial charge in [0.05, 0.1) is 6.54 Å². The van der Waals surface area contributed by atoms with Gasteiger partial charge in [-0.1, -0.05) is 0 Å². The average Bonchev–Trinajstić information content (AvgIpc) is 3.13. The molecular formula is C19H24ClF2N5O. The zero-order valence-electron chi connectivity index (χ0n) is 15.5. The standard InChI is InChI=1S/C19H23F2N5O.ClH/c20-15-2-3-16(21)14(11-15)1-4-18(27)25-8-5-13(6-9-25)19-24-23-17-12-22-7-10-26(17)19;/h2-3,11,13,22H,1,4-10,12H2;1H. The Labute approximate surface area is 168 Å². The molecule has 0 radical (unpaired) electrons. The monoisotopic (exact) mass is 411 g/mol. The first-order chi connectivity index (χ1) is 13.1. The SMILES string of the molecule is Cl.O=C(CCc1cc(F)ccc1F)N1CCC(c2nnc3n2CCNC3)CC1. The maximum absolute atomic E-state index is 13.7. The Balaban J connectivity index is 0.00000225. The molecule has 4 rings (SSSR count). The largest absolute Gasteiger partial charge is 0.343 e. The zero-order chi connectivity index (χ0) is 18.8. The molecule has 0 aliphatic carbocycles. The molecule has 1 amide bonds. The van der Waals surface area contributed by atoms with E-state index in [0.717, 1.165) is 62.3 Å². The van der Waals surface area contributed by atoms with Crippen LogP contribution in [0.2, 0.25) is 0 Å². The molecule has 6 nitrogen and oxygen atoms in total. The highest BCUT2D eigenvalue weighted by molar-refractivity contribution is 5.85. The fourth-order valence-corrected chi connectivity index (χ4v) is 3.94. The van der Waals surface area contributed by atoms with Gasteiger partial charge >= 0.3 is 0 Å². The quantitative estimate of drug-likeness (QED) is 0.839. The lowest BCUT2D eigenvalue weighted by molar-refractivity contribution is -0.132. The van der Waals surface area contributed by atoms with Crippen molar-refractivity contribution >= 4 is 18.3 Å². The Kier molecular flexibility index (Phi) is 6.61. The van der Waals surface area contributed by atoms with Gasteiger partial charge in [-0.25, -0.2) is 8.78 Å². The summed E-state index contributed by atoms with van der Waals surface area (Å²) in [5.41, 5.74) is 0.252. The highest BCUT2D eigenvalue weighted by Crippen LogP contribution is 2.28. The Morgan fingerprint density at radius 2 is 1.96 bits per heavy atom. The molecule has 152 valence electrons. The summed E-state index contributed by atoms with van der Waals surface area (Å²) in [7, 11) is 0. The van der Waals surface area contributed by atoms with Crippen LogP contribution in [-0.2, 0) is 24.3 Å². The summed E-state index contributed by atoms with van der Waals surface area (Å²) in [5.74, 6) is 1.37. The number of hydrogen-bond donors (Lipinski definition) is 1. The number of hydrogen-bond acceptors (Lipinski definition) is 4. The lowest BCUT2D eigenvalue weighted by Gasteiger charge is -2.32. The number of piperidine rings is 1. The van der Waals surface area contributed by atoms with Crippen LogP contribution in [0.4, 0.5) is 8.78 Å². The summed E-state index contributed by atoms with van der Waals surface area (Å²) in [6.07, 6.45) is 2.11. The van der Waals surface area contributed by atoms with E-state index < -0.39 is 11.6 Å². The van der Waals surface area contributed by atoms with Crippen LogP contribution in [0.3, 0.4) is 0 Å². The Bertz CT molecular complexity index is 836. The van der Waals surface area contributed by atoms with E-state index >= 15 is 0 Å². The van der Waals surface area contributed by atoms with Crippen molar-refractivity contribution in [3.05, 3.63) is 47.0 Å². The van der Waals surface area contributed by atoms with Gasteiger partial charge in [0.15, 0.2) is 0 Å². The minimum Gasteiger partial charge on any atom is -0.343 e. The highest BCUT2D eigenvalue weighted by Gasteiger charge is 2.28. The van der Waals surface area contributed by atoms with E-state index in [4.69, 9.17) is 0 Å². The Morgan fingerprint density at radius 1 is 1.18 bits per heavy atom. The maximum Gasteiger partial charge on any atom is 0.222 e. The van der Waals surface area contributed by atoms with Gasteiger partial charge in [-0.05, 0) is 43.0 Å². The van der Waals surface area contributed by atoms with E-state index in [0.29, 0.717) is 19.0 Å². The van der Waals surface area contributed by atoms with Gasteiger partial charge in [-0.15, -0.1) is 22.6 Å². The number of likely N-dealkylation sites (tertiary alicyclic amines) is 1. The summed E-state index contributed by atoms with van der Waals surface area (Å²) in [6, 6.07) is 3.36. The fraction of sp³-hybridized carbons (Fsp3) is 0.526. The third kappa shape index (κ3) is 4.33. The van der Waals surface area contributed by atoms with Gasteiger partial charge in [-0.2, -0.15) is 0 Å². The number of halogens is 3. The number of aromatic nitrogens is 3. The van der Waals surface area contributed by atoms with Crippen LogP contribution in [-0.4, -0.2) is 45.2 Å². The number of carbonyl (C=O) groups is 1. The number of carbonyl (C=O) groups excluding carboxylic acids is 1. The van der Waals surface area contributed by atoms with Gasteiger partial charge < -0.3 is 14.8 Å².